The molecule has 1 unspecified atom stereocenters. The van der Waals surface area contributed by atoms with Gasteiger partial charge in [-0.1, -0.05) is 18.2 Å². The zero-order valence-corrected chi connectivity index (χ0v) is 19.0. The predicted octanol–water partition coefficient (Wildman–Crippen LogP) is -0.987. The molecule has 1 aliphatic rings. The van der Waals surface area contributed by atoms with Gasteiger partial charge in [-0.05, 0) is 19.8 Å². The van der Waals surface area contributed by atoms with Crippen molar-refractivity contribution in [1.29, 1.82) is 0 Å². The van der Waals surface area contributed by atoms with Crippen LogP contribution in [-0.2, 0) is 25.7 Å². The van der Waals surface area contributed by atoms with Crippen LogP contribution < -0.4 is 29.6 Å². The number of para-hydroxylation sites is 1. The van der Waals surface area contributed by atoms with Gasteiger partial charge in [0, 0.05) is 25.0 Å². The fraction of sp³-hybridized carbons (Fsp3) is 0.562. The van der Waals surface area contributed by atoms with Crippen LogP contribution in [0.25, 0.3) is 0 Å². The van der Waals surface area contributed by atoms with Crippen LogP contribution in [0.4, 0.5) is 5.69 Å². The monoisotopic (exact) mass is 413 g/mol. The summed E-state index contributed by atoms with van der Waals surface area (Å²) in [7, 11) is -8.00. The molecule has 0 aliphatic carbocycles. The summed E-state index contributed by atoms with van der Waals surface area (Å²) < 4.78 is 63.8. The van der Waals surface area contributed by atoms with Gasteiger partial charge >= 0.3 is 29.6 Å². The Kier molecular flexibility index (Phi) is 8.05. The topological polar surface area (TPSA) is 112 Å². The van der Waals surface area contributed by atoms with Crippen LogP contribution in [0.3, 0.4) is 0 Å². The number of benzene rings is 1. The van der Waals surface area contributed by atoms with Crippen LogP contribution in [-0.4, -0.2) is 54.3 Å². The molecular formula is C16H24NNaO6S2+2. The van der Waals surface area contributed by atoms with E-state index in [0.29, 0.717) is 19.4 Å². The summed E-state index contributed by atoms with van der Waals surface area (Å²) in [5.74, 6) is -0.598. The maximum absolute atomic E-state index is 11.0. The number of fused-ring (bicyclic) bond motifs is 1. The molecule has 1 aliphatic heterocycles. The first-order valence-electron chi connectivity index (χ1n) is 8.05. The van der Waals surface area contributed by atoms with Crippen molar-refractivity contribution < 1.29 is 60.1 Å². The van der Waals surface area contributed by atoms with Gasteiger partial charge in [0.1, 0.15) is 6.54 Å². The van der Waals surface area contributed by atoms with Crippen molar-refractivity contribution in [2.24, 2.45) is 0 Å². The van der Waals surface area contributed by atoms with Crippen molar-refractivity contribution in [2.45, 2.75) is 38.5 Å². The van der Waals surface area contributed by atoms with Crippen LogP contribution in [0.5, 0.6) is 0 Å². The Hall–Kier alpha value is -0.290. The minimum atomic E-state index is -4.00. The third-order valence-electron chi connectivity index (χ3n) is 4.86. The second kappa shape index (κ2) is 8.81. The van der Waals surface area contributed by atoms with Crippen molar-refractivity contribution in [3.05, 3.63) is 29.8 Å². The van der Waals surface area contributed by atoms with E-state index in [1.165, 1.54) is 0 Å². The molecule has 10 heteroatoms. The summed E-state index contributed by atoms with van der Waals surface area (Å²) >= 11 is 0. The molecule has 0 aromatic heterocycles. The molecule has 0 radical (unpaired) electrons. The van der Waals surface area contributed by atoms with E-state index in [1.807, 2.05) is 42.7 Å². The van der Waals surface area contributed by atoms with Crippen LogP contribution >= 0.6 is 0 Å². The Bertz CT molecular complexity index is 895. The Morgan fingerprint density at radius 3 is 2.12 bits per heavy atom. The van der Waals surface area contributed by atoms with E-state index >= 15 is 0 Å². The SMILES string of the molecule is CC1=[N+](CCCS(=O)(=O)O)c2ccccc2C1(C)CCCS(=O)(=O)O.[Na+]. The molecule has 2 N–H and O–H groups in total. The predicted molar refractivity (Wildman–Crippen MR) is 95.9 cm³/mol. The summed E-state index contributed by atoms with van der Waals surface area (Å²) in [5.41, 5.74) is 2.62. The van der Waals surface area contributed by atoms with E-state index < -0.39 is 20.2 Å². The van der Waals surface area contributed by atoms with Gasteiger partial charge in [0.25, 0.3) is 20.2 Å². The normalized spacial score (nSPS) is 20.0. The summed E-state index contributed by atoms with van der Waals surface area (Å²) in [6.45, 7) is 4.41. The Morgan fingerprint density at radius 1 is 1.00 bits per heavy atom. The molecular weight excluding hydrogens is 389 g/mol. The van der Waals surface area contributed by atoms with Crippen molar-refractivity contribution >= 4 is 31.6 Å². The maximum atomic E-state index is 11.0. The third-order valence-corrected chi connectivity index (χ3v) is 6.46. The smallest absolute Gasteiger partial charge is 0.286 e. The van der Waals surface area contributed by atoms with E-state index in [4.69, 9.17) is 9.11 Å². The van der Waals surface area contributed by atoms with Crippen molar-refractivity contribution in [3.63, 3.8) is 0 Å². The first-order valence-corrected chi connectivity index (χ1v) is 11.3. The van der Waals surface area contributed by atoms with Gasteiger partial charge in [0.15, 0.2) is 5.71 Å². The van der Waals surface area contributed by atoms with Crippen LogP contribution in [0.2, 0.25) is 0 Å². The molecule has 1 aromatic rings. The van der Waals surface area contributed by atoms with Crippen molar-refractivity contribution in [3.8, 4) is 0 Å². The molecule has 2 rings (SSSR count). The van der Waals surface area contributed by atoms with Crippen molar-refractivity contribution in [2.75, 3.05) is 18.1 Å². The molecule has 0 spiro atoms. The van der Waals surface area contributed by atoms with E-state index in [0.717, 1.165) is 17.0 Å². The molecule has 1 atom stereocenters. The Balaban J connectivity index is 0.00000338. The maximum Gasteiger partial charge on any atom is 1.00 e. The molecule has 7 nitrogen and oxygen atoms in total. The van der Waals surface area contributed by atoms with Gasteiger partial charge in [-0.3, -0.25) is 9.11 Å². The molecule has 26 heavy (non-hydrogen) atoms. The number of hydrogen-bond donors (Lipinski definition) is 2. The Labute approximate surface area is 177 Å². The average Bonchev–Trinajstić information content (AvgIpc) is 2.67. The molecule has 0 fully saturated rings. The Morgan fingerprint density at radius 2 is 1.54 bits per heavy atom. The summed E-state index contributed by atoms with van der Waals surface area (Å²) in [6, 6.07) is 7.73. The largest absolute Gasteiger partial charge is 1.00 e. The van der Waals surface area contributed by atoms with Gasteiger partial charge in [-0.2, -0.15) is 21.4 Å². The fourth-order valence-corrected chi connectivity index (χ4v) is 4.47. The van der Waals surface area contributed by atoms with Crippen LogP contribution in [0, 0.1) is 0 Å². The summed E-state index contributed by atoms with van der Waals surface area (Å²) in [4.78, 5) is 0. The van der Waals surface area contributed by atoms with Gasteiger partial charge in [0.05, 0.1) is 16.9 Å². The molecule has 0 amide bonds. The average molecular weight is 413 g/mol. The zero-order valence-electron chi connectivity index (χ0n) is 15.3. The molecule has 0 bridgehead atoms. The summed E-state index contributed by atoms with van der Waals surface area (Å²) in [6.07, 6.45) is 1.15. The van der Waals surface area contributed by atoms with E-state index in [2.05, 4.69) is 0 Å². The molecule has 140 valence electrons. The molecule has 1 heterocycles. The number of rotatable bonds is 8. The molecule has 0 saturated carbocycles. The van der Waals surface area contributed by atoms with Crippen LogP contribution in [0.1, 0.15) is 38.7 Å². The van der Waals surface area contributed by atoms with Gasteiger partial charge in [0.2, 0.25) is 5.69 Å². The molecule has 0 saturated heterocycles. The quantitative estimate of drug-likeness (QED) is 0.322. The van der Waals surface area contributed by atoms with E-state index in [1.54, 1.807) is 0 Å². The van der Waals surface area contributed by atoms with Crippen molar-refractivity contribution in [1.82, 2.24) is 0 Å². The van der Waals surface area contributed by atoms with Gasteiger partial charge < -0.3 is 0 Å². The minimum Gasteiger partial charge on any atom is -0.286 e. The minimum absolute atomic E-state index is 0. The second-order valence-electron chi connectivity index (χ2n) is 6.62. The first-order chi connectivity index (χ1) is 11.4. The van der Waals surface area contributed by atoms with Crippen LogP contribution in [0.15, 0.2) is 24.3 Å². The van der Waals surface area contributed by atoms with E-state index in [-0.39, 0.29) is 52.9 Å². The molecule has 1 aromatic carbocycles. The second-order valence-corrected chi connectivity index (χ2v) is 9.76. The first kappa shape index (κ1) is 23.7. The third kappa shape index (κ3) is 5.85. The summed E-state index contributed by atoms with van der Waals surface area (Å²) in [5, 5.41) is 0. The number of hydrogen-bond acceptors (Lipinski definition) is 4. The van der Waals surface area contributed by atoms with Gasteiger partial charge in [-0.25, -0.2) is 0 Å². The van der Waals surface area contributed by atoms with E-state index in [9.17, 15) is 16.8 Å². The zero-order chi connectivity index (χ0) is 18.9. The standard InChI is InChI=1S/C16H23NO6S2.Na/c1-13-16(2,9-5-11-24(18,19)20)14-7-3-4-8-15(14)17(13)10-6-12-25(21,22)23;/h3-4,7-8H,5-6,9-12H2,1-2H3,(H-,18,19,20,21,22,23);/q;+1/p+1. The fourth-order valence-electron chi connectivity index (χ4n) is 3.47. The van der Waals surface area contributed by atoms with Gasteiger partial charge in [-0.15, -0.1) is 0 Å². The number of nitrogens with zero attached hydrogens (tertiary/aromatic N) is 1.